The summed E-state index contributed by atoms with van der Waals surface area (Å²) in [4.78, 5) is 2.69. The van der Waals surface area contributed by atoms with Gasteiger partial charge in [-0.1, -0.05) is 19.8 Å². The van der Waals surface area contributed by atoms with Gasteiger partial charge in [-0.3, -0.25) is 0 Å². The van der Waals surface area contributed by atoms with Crippen molar-refractivity contribution < 1.29 is 0 Å². The molecule has 1 aliphatic heterocycles. The molecule has 2 aliphatic rings. The fourth-order valence-electron chi connectivity index (χ4n) is 3.71. The number of hydrogen-bond donors (Lipinski definition) is 1. The van der Waals surface area contributed by atoms with Crippen LogP contribution in [-0.4, -0.2) is 36.6 Å². The van der Waals surface area contributed by atoms with Crippen LogP contribution in [0.5, 0.6) is 0 Å². The van der Waals surface area contributed by atoms with Gasteiger partial charge in [-0.15, -0.1) is 0 Å². The van der Waals surface area contributed by atoms with Crippen LogP contribution in [0.1, 0.15) is 65.2 Å². The topological polar surface area (TPSA) is 15.3 Å². The summed E-state index contributed by atoms with van der Waals surface area (Å²) in [7, 11) is 0. The molecule has 0 aromatic carbocycles. The van der Waals surface area contributed by atoms with Crippen molar-refractivity contribution in [3.05, 3.63) is 0 Å². The number of likely N-dealkylation sites (tertiary alicyclic amines) is 1. The number of nitrogens with one attached hydrogen (secondary N) is 1. The molecule has 1 saturated carbocycles. The lowest BCUT2D eigenvalue weighted by atomic mass is 10.0. The number of rotatable bonds is 6. The van der Waals surface area contributed by atoms with E-state index in [1.807, 2.05) is 0 Å². The molecule has 0 aromatic rings. The predicted molar refractivity (Wildman–Crippen MR) is 78.9 cm³/mol. The van der Waals surface area contributed by atoms with Crippen LogP contribution < -0.4 is 5.32 Å². The maximum absolute atomic E-state index is 3.77. The van der Waals surface area contributed by atoms with E-state index in [0.717, 1.165) is 18.0 Å². The maximum Gasteiger partial charge on any atom is 0.00698 e. The molecule has 2 rings (SSSR count). The van der Waals surface area contributed by atoms with Crippen LogP contribution in [0.3, 0.4) is 0 Å². The van der Waals surface area contributed by atoms with Crippen molar-refractivity contribution in [2.45, 2.75) is 77.3 Å². The third kappa shape index (κ3) is 4.24. The average molecular weight is 252 g/mol. The molecule has 3 atom stereocenters. The van der Waals surface area contributed by atoms with Crippen molar-refractivity contribution in [1.82, 2.24) is 10.2 Å². The van der Waals surface area contributed by atoms with Crippen molar-refractivity contribution in [2.75, 3.05) is 19.6 Å². The molecule has 106 valence electrons. The lowest BCUT2D eigenvalue weighted by Gasteiger charge is -2.33. The molecular formula is C16H32N2. The number of hydrogen-bond acceptors (Lipinski definition) is 2. The Morgan fingerprint density at radius 3 is 2.78 bits per heavy atom. The lowest BCUT2D eigenvalue weighted by Crippen LogP contribution is -2.39. The highest BCUT2D eigenvalue weighted by molar-refractivity contribution is 4.80. The fourth-order valence-corrected chi connectivity index (χ4v) is 3.71. The van der Waals surface area contributed by atoms with E-state index in [1.165, 1.54) is 71.0 Å². The average Bonchev–Trinajstić information content (AvgIpc) is 2.84. The van der Waals surface area contributed by atoms with Crippen LogP contribution >= 0.6 is 0 Å². The molecule has 0 aromatic heterocycles. The third-order valence-electron chi connectivity index (χ3n) is 5.11. The van der Waals surface area contributed by atoms with E-state index in [2.05, 4.69) is 24.1 Å². The monoisotopic (exact) mass is 252 g/mol. The Morgan fingerprint density at radius 1 is 1.17 bits per heavy atom. The molecule has 2 fully saturated rings. The first-order chi connectivity index (χ1) is 8.79. The van der Waals surface area contributed by atoms with Crippen LogP contribution in [0.15, 0.2) is 0 Å². The fraction of sp³-hybridized carbons (Fsp3) is 1.00. The molecule has 0 spiro atoms. The van der Waals surface area contributed by atoms with Crippen LogP contribution in [-0.2, 0) is 0 Å². The second-order valence-electron chi connectivity index (χ2n) is 6.47. The lowest BCUT2D eigenvalue weighted by molar-refractivity contribution is 0.158. The summed E-state index contributed by atoms with van der Waals surface area (Å²) in [5.41, 5.74) is 0. The predicted octanol–water partition coefficient (Wildman–Crippen LogP) is 3.42. The van der Waals surface area contributed by atoms with Crippen molar-refractivity contribution in [1.29, 1.82) is 0 Å². The van der Waals surface area contributed by atoms with Crippen LogP contribution in [0, 0.1) is 5.92 Å². The second-order valence-corrected chi connectivity index (χ2v) is 6.47. The Bertz CT molecular complexity index is 229. The van der Waals surface area contributed by atoms with Gasteiger partial charge < -0.3 is 10.2 Å². The van der Waals surface area contributed by atoms with Crippen LogP contribution in [0.25, 0.3) is 0 Å². The van der Waals surface area contributed by atoms with E-state index in [-0.39, 0.29) is 0 Å². The molecule has 2 nitrogen and oxygen atoms in total. The van der Waals surface area contributed by atoms with Gasteiger partial charge in [0, 0.05) is 12.1 Å². The van der Waals surface area contributed by atoms with E-state index in [1.54, 1.807) is 0 Å². The summed E-state index contributed by atoms with van der Waals surface area (Å²) >= 11 is 0. The zero-order valence-electron chi connectivity index (χ0n) is 12.5. The van der Waals surface area contributed by atoms with Crippen LogP contribution in [0.4, 0.5) is 0 Å². The van der Waals surface area contributed by atoms with Gasteiger partial charge in [-0.2, -0.15) is 0 Å². The smallest absolute Gasteiger partial charge is 0.00698 e. The van der Waals surface area contributed by atoms with Gasteiger partial charge in [0.25, 0.3) is 0 Å². The minimum Gasteiger partial charge on any atom is -0.314 e. The summed E-state index contributed by atoms with van der Waals surface area (Å²) < 4.78 is 0. The van der Waals surface area contributed by atoms with Gasteiger partial charge in [-0.05, 0) is 71.0 Å². The molecule has 2 heteroatoms. The summed E-state index contributed by atoms with van der Waals surface area (Å²) in [6, 6.07) is 1.66. The Morgan fingerprint density at radius 2 is 2.06 bits per heavy atom. The molecule has 1 saturated heterocycles. The first kappa shape index (κ1) is 14.3. The Labute approximate surface area is 114 Å². The summed E-state index contributed by atoms with van der Waals surface area (Å²) in [5.74, 6) is 1.00. The number of piperidine rings is 1. The highest BCUT2D eigenvalue weighted by Crippen LogP contribution is 2.27. The zero-order chi connectivity index (χ0) is 12.8. The summed E-state index contributed by atoms with van der Waals surface area (Å²) in [6.07, 6.45) is 11.3. The molecule has 18 heavy (non-hydrogen) atoms. The molecule has 1 aliphatic carbocycles. The standard InChI is InChI=1S/C16H32N2/c1-3-15-8-9-16(13-15)17-10-6-12-18-11-5-4-7-14(18)2/h14-17H,3-13H2,1-2H3. The van der Waals surface area contributed by atoms with Crippen molar-refractivity contribution in [3.63, 3.8) is 0 Å². The zero-order valence-corrected chi connectivity index (χ0v) is 12.5. The van der Waals surface area contributed by atoms with Gasteiger partial charge in [0.1, 0.15) is 0 Å². The second kappa shape index (κ2) is 7.49. The summed E-state index contributed by atoms with van der Waals surface area (Å²) in [5, 5.41) is 3.77. The van der Waals surface area contributed by atoms with Gasteiger partial charge in [-0.25, -0.2) is 0 Å². The molecule has 0 radical (unpaired) electrons. The van der Waals surface area contributed by atoms with Gasteiger partial charge >= 0.3 is 0 Å². The first-order valence-electron chi connectivity index (χ1n) is 8.27. The minimum absolute atomic E-state index is 0.828. The largest absolute Gasteiger partial charge is 0.314 e. The maximum atomic E-state index is 3.77. The molecule has 3 unspecified atom stereocenters. The molecule has 1 heterocycles. The third-order valence-corrected chi connectivity index (χ3v) is 5.11. The Balaban J connectivity index is 1.53. The van der Waals surface area contributed by atoms with Gasteiger partial charge in [0.15, 0.2) is 0 Å². The van der Waals surface area contributed by atoms with Crippen molar-refractivity contribution >= 4 is 0 Å². The van der Waals surface area contributed by atoms with Gasteiger partial charge in [0.05, 0.1) is 0 Å². The SMILES string of the molecule is CCC1CCC(NCCCN2CCCCC2C)C1. The van der Waals surface area contributed by atoms with Crippen molar-refractivity contribution in [3.8, 4) is 0 Å². The highest BCUT2D eigenvalue weighted by atomic mass is 15.2. The van der Waals surface area contributed by atoms with E-state index < -0.39 is 0 Å². The van der Waals surface area contributed by atoms with Crippen LogP contribution in [0.2, 0.25) is 0 Å². The first-order valence-corrected chi connectivity index (χ1v) is 8.27. The normalized spacial score (nSPS) is 34.0. The van der Waals surface area contributed by atoms with E-state index in [4.69, 9.17) is 0 Å². The number of nitrogens with zero attached hydrogens (tertiary/aromatic N) is 1. The summed E-state index contributed by atoms with van der Waals surface area (Å²) in [6.45, 7) is 8.60. The molecule has 0 amide bonds. The quantitative estimate of drug-likeness (QED) is 0.729. The van der Waals surface area contributed by atoms with Gasteiger partial charge in [0.2, 0.25) is 0 Å². The van der Waals surface area contributed by atoms with E-state index in [9.17, 15) is 0 Å². The Kier molecular flexibility index (Phi) is 5.97. The van der Waals surface area contributed by atoms with Crippen molar-refractivity contribution in [2.24, 2.45) is 5.92 Å². The highest BCUT2D eigenvalue weighted by Gasteiger charge is 2.22. The Hall–Kier alpha value is -0.0800. The molecular weight excluding hydrogens is 220 g/mol. The van der Waals surface area contributed by atoms with E-state index in [0.29, 0.717) is 0 Å². The minimum atomic E-state index is 0.828. The molecule has 0 bridgehead atoms. The van der Waals surface area contributed by atoms with E-state index >= 15 is 0 Å². The molecule has 1 N–H and O–H groups in total.